The number of halogens is 4. The minimum absolute atomic E-state index is 0. The third-order valence-corrected chi connectivity index (χ3v) is 6.14. The number of amides is 1. The molecule has 2 N–H and O–H groups in total. The molecular weight excluding hydrogens is 546 g/mol. The maximum Gasteiger partial charge on any atom is 0.336 e. The first-order chi connectivity index (χ1) is 15.9. The lowest BCUT2D eigenvalue weighted by Crippen LogP contribution is -2.47. The average Bonchev–Trinajstić information content (AvgIpc) is 2.80. The quantitative estimate of drug-likeness (QED) is 0.362. The highest BCUT2D eigenvalue weighted by atomic mass is 35.5. The topological polar surface area (TPSA) is 85.8 Å². The lowest BCUT2D eigenvalue weighted by atomic mass is 10.1. The number of carbonyl (C=O) groups excluding carboxylic acids is 1. The maximum absolute atomic E-state index is 12.0. The molecular formula is C25H30Cl4N4O3. The van der Waals surface area contributed by atoms with Gasteiger partial charge in [0, 0.05) is 54.4 Å². The molecule has 1 aliphatic heterocycles. The van der Waals surface area contributed by atoms with Crippen molar-refractivity contribution in [1.82, 2.24) is 4.98 Å². The van der Waals surface area contributed by atoms with Gasteiger partial charge in [-0.1, -0.05) is 24.6 Å². The Morgan fingerprint density at radius 3 is 2.31 bits per heavy atom. The zero-order valence-corrected chi connectivity index (χ0v) is 23.2. The molecule has 196 valence electrons. The zero-order chi connectivity index (χ0) is 23.5. The van der Waals surface area contributed by atoms with Gasteiger partial charge in [0.05, 0.1) is 11.1 Å². The third-order valence-electron chi connectivity index (χ3n) is 5.90. The number of carboxylic acids is 1. The number of aromatic carboxylic acids is 1. The molecule has 2 aromatic carbocycles. The predicted octanol–water partition coefficient (Wildman–Crippen LogP) is 6.23. The van der Waals surface area contributed by atoms with Crippen molar-refractivity contribution < 1.29 is 14.7 Å². The van der Waals surface area contributed by atoms with Gasteiger partial charge in [0.1, 0.15) is 5.82 Å². The van der Waals surface area contributed by atoms with E-state index < -0.39 is 5.97 Å². The van der Waals surface area contributed by atoms with Crippen molar-refractivity contribution in [2.24, 2.45) is 0 Å². The first kappa shape index (κ1) is 31.6. The van der Waals surface area contributed by atoms with Crippen LogP contribution in [0.5, 0.6) is 0 Å². The van der Waals surface area contributed by atoms with E-state index in [1.807, 2.05) is 25.1 Å². The Kier molecular flexibility index (Phi) is 12.1. The number of piperazine rings is 1. The molecule has 7 nitrogen and oxygen atoms in total. The molecule has 1 amide bonds. The first-order valence-corrected chi connectivity index (χ1v) is 11.5. The summed E-state index contributed by atoms with van der Waals surface area (Å²) in [6.45, 7) is 7.01. The van der Waals surface area contributed by atoms with Crippen LogP contribution in [-0.4, -0.2) is 48.1 Å². The Bertz CT molecular complexity index is 1220. The molecule has 0 saturated carbocycles. The van der Waals surface area contributed by atoms with E-state index >= 15 is 0 Å². The van der Waals surface area contributed by atoms with Gasteiger partial charge in [0.15, 0.2) is 0 Å². The van der Waals surface area contributed by atoms with Crippen LogP contribution in [0.4, 0.5) is 17.2 Å². The molecule has 1 aliphatic rings. The van der Waals surface area contributed by atoms with Gasteiger partial charge in [-0.25, -0.2) is 9.78 Å². The van der Waals surface area contributed by atoms with Crippen LogP contribution in [0.1, 0.15) is 35.7 Å². The molecule has 1 saturated heterocycles. The zero-order valence-electron chi connectivity index (χ0n) is 20.0. The second-order valence-electron chi connectivity index (χ2n) is 8.27. The molecule has 3 aromatic rings. The molecule has 0 bridgehead atoms. The van der Waals surface area contributed by atoms with Gasteiger partial charge < -0.3 is 20.2 Å². The van der Waals surface area contributed by atoms with E-state index in [0.29, 0.717) is 46.9 Å². The normalized spacial score (nSPS) is 12.8. The fourth-order valence-corrected chi connectivity index (χ4v) is 4.35. The van der Waals surface area contributed by atoms with Gasteiger partial charge in [0.25, 0.3) is 0 Å². The van der Waals surface area contributed by atoms with Gasteiger partial charge in [-0.3, -0.25) is 4.79 Å². The summed E-state index contributed by atoms with van der Waals surface area (Å²) in [5.41, 5.74) is 3.63. The summed E-state index contributed by atoms with van der Waals surface area (Å²) in [5, 5.41) is 13.9. The Morgan fingerprint density at radius 1 is 1.00 bits per heavy atom. The van der Waals surface area contributed by atoms with E-state index in [4.69, 9.17) is 16.6 Å². The number of hydrogen-bond acceptors (Lipinski definition) is 5. The molecule has 11 heteroatoms. The van der Waals surface area contributed by atoms with Gasteiger partial charge in [0.2, 0.25) is 5.91 Å². The van der Waals surface area contributed by atoms with Crippen molar-refractivity contribution in [3.63, 3.8) is 0 Å². The molecule has 1 aromatic heterocycles. The fourth-order valence-electron chi connectivity index (χ4n) is 4.18. The van der Waals surface area contributed by atoms with Crippen LogP contribution in [0.2, 0.25) is 5.02 Å². The van der Waals surface area contributed by atoms with Crippen LogP contribution < -0.4 is 15.1 Å². The summed E-state index contributed by atoms with van der Waals surface area (Å²) in [6.07, 6.45) is 1.16. The number of pyridine rings is 1. The molecule has 4 rings (SSSR count). The number of aryl methyl sites for hydroxylation is 1. The monoisotopic (exact) mass is 574 g/mol. The highest BCUT2D eigenvalue weighted by Gasteiger charge is 2.22. The second kappa shape index (κ2) is 13.7. The maximum atomic E-state index is 12.0. The molecule has 0 atom stereocenters. The molecule has 0 unspecified atom stereocenters. The number of benzene rings is 2. The molecule has 0 radical (unpaired) electrons. The summed E-state index contributed by atoms with van der Waals surface area (Å²) in [4.78, 5) is 33.1. The molecule has 36 heavy (non-hydrogen) atoms. The summed E-state index contributed by atoms with van der Waals surface area (Å²) in [5.74, 6) is -0.467. The first-order valence-electron chi connectivity index (χ1n) is 11.1. The largest absolute Gasteiger partial charge is 0.478 e. The standard InChI is InChI=1S/C25H27ClN4O3.3ClH/c1-3-4-24(31)27-18-7-8-21-19(14-18)20(25(32)33)15-23(28-21)30-11-9-29(10-12-30)22-13-17(26)6-5-16(22)2;;;/h5-8,13-15H,3-4,9-12H2,1-2H3,(H,27,31)(H,32,33);3*1H. The van der Waals surface area contributed by atoms with Gasteiger partial charge in [-0.15, -0.1) is 37.2 Å². The molecule has 2 heterocycles. The fraction of sp³-hybridized carbons (Fsp3) is 0.320. The van der Waals surface area contributed by atoms with Crippen molar-refractivity contribution in [3.8, 4) is 0 Å². The number of fused-ring (bicyclic) bond motifs is 1. The Balaban J connectivity index is 0.00000216. The minimum atomic E-state index is -1.02. The van der Waals surface area contributed by atoms with E-state index in [9.17, 15) is 14.7 Å². The highest BCUT2D eigenvalue weighted by Crippen LogP contribution is 2.29. The predicted molar refractivity (Wildman–Crippen MR) is 155 cm³/mol. The lowest BCUT2D eigenvalue weighted by Gasteiger charge is -2.37. The SMILES string of the molecule is CCCC(=O)Nc1ccc2nc(N3CCN(c4cc(Cl)ccc4C)CC3)cc(C(=O)O)c2c1.Cl.Cl.Cl. The van der Waals surface area contributed by atoms with Gasteiger partial charge in [-0.2, -0.15) is 0 Å². The van der Waals surface area contributed by atoms with E-state index in [-0.39, 0.29) is 48.7 Å². The van der Waals surface area contributed by atoms with Gasteiger partial charge in [-0.05, 0) is 55.3 Å². The number of carbonyl (C=O) groups is 2. The number of rotatable bonds is 6. The van der Waals surface area contributed by atoms with Crippen LogP contribution in [0.25, 0.3) is 10.9 Å². The third kappa shape index (κ3) is 7.07. The van der Waals surface area contributed by atoms with E-state index in [0.717, 1.165) is 25.2 Å². The molecule has 0 aliphatic carbocycles. The van der Waals surface area contributed by atoms with Crippen molar-refractivity contribution in [1.29, 1.82) is 0 Å². The molecule has 1 fully saturated rings. The Labute approximate surface area is 234 Å². The number of anilines is 3. The van der Waals surface area contributed by atoms with Crippen LogP contribution in [0.15, 0.2) is 42.5 Å². The smallest absolute Gasteiger partial charge is 0.336 e. The van der Waals surface area contributed by atoms with Crippen LogP contribution >= 0.6 is 48.8 Å². The number of aromatic nitrogens is 1. The van der Waals surface area contributed by atoms with Gasteiger partial charge >= 0.3 is 5.97 Å². The highest BCUT2D eigenvalue weighted by molar-refractivity contribution is 6.30. The summed E-state index contributed by atoms with van der Waals surface area (Å²) in [7, 11) is 0. The number of nitrogens with one attached hydrogen (secondary N) is 1. The van der Waals surface area contributed by atoms with E-state index in [1.54, 1.807) is 24.3 Å². The minimum Gasteiger partial charge on any atom is -0.478 e. The van der Waals surface area contributed by atoms with Crippen molar-refractivity contribution in [2.45, 2.75) is 26.7 Å². The Morgan fingerprint density at radius 2 is 1.67 bits per heavy atom. The number of carboxylic acid groups (broad SMARTS) is 1. The van der Waals surface area contributed by atoms with Crippen LogP contribution in [-0.2, 0) is 4.79 Å². The Hall–Kier alpha value is -2.45. The summed E-state index contributed by atoms with van der Waals surface area (Å²) >= 11 is 6.19. The second-order valence-corrected chi connectivity index (χ2v) is 8.70. The van der Waals surface area contributed by atoms with E-state index in [1.165, 1.54) is 5.56 Å². The van der Waals surface area contributed by atoms with Crippen LogP contribution in [0, 0.1) is 6.92 Å². The van der Waals surface area contributed by atoms with Crippen molar-refractivity contribution in [3.05, 3.63) is 58.6 Å². The summed E-state index contributed by atoms with van der Waals surface area (Å²) in [6, 6.07) is 12.7. The molecule has 0 spiro atoms. The average molecular weight is 576 g/mol. The van der Waals surface area contributed by atoms with Crippen molar-refractivity contribution in [2.75, 3.05) is 41.3 Å². The van der Waals surface area contributed by atoms with Crippen molar-refractivity contribution >= 4 is 88.8 Å². The summed E-state index contributed by atoms with van der Waals surface area (Å²) < 4.78 is 0. The van der Waals surface area contributed by atoms with Crippen LogP contribution in [0.3, 0.4) is 0 Å². The van der Waals surface area contributed by atoms with E-state index in [2.05, 4.69) is 22.0 Å². The number of nitrogens with zero attached hydrogens (tertiary/aromatic N) is 3. The lowest BCUT2D eigenvalue weighted by molar-refractivity contribution is -0.116. The number of hydrogen-bond donors (Lipinski definition) is 2.